The second-order valence-electron chi connectivity index (χ2n) is 10.5. The Morgan fingerprint density at radius 3 is 1.98 bits per heavy atom. The van der Waals surface area contributed by atoms with Gasteiger partial charge in [0.05, 0.1) is 70.3 Å². The molecule has 45 heavy (non-hydrogen) atoms. The molecule has 1 N–H and O–H groups in total. The highest BCUT2D eigenvalue weighted by Crippen LogP contribution is 2.28. The molecule has 11 heteroatoms. The van der Waals surface area contributed by atoms with Crippen LogP contribution in [-0.2, 0) is 25.5 Å². The zero-order valence-electron chi connectivity index (χ0n) is 25.6. The third kappa shape index (κ3) is 11.2. The lowest BCUT2D eigenvalue weighted by Gasteiger charge is -2.32. The Hall–Kier alpha value is -3.84. The second kappa shape index (κ2) is 18.8. The summed E-state index contributed by atoms with van der Waals surface area (Å²) in [5.41, 5.74) is 3.92. The van der Waals surface area contributed by atoms with E-state index in [0.717, 1.165) is 23.1 Å². The zero-order chi connectivity index (χ0) is 31.7. The van der Waals surface area contributed by atoms with Crippen LogP contribution in [0.25, 0.3) is 6.08 Å². The molecule has 1 unspecified atom stereocenters. The Labute approximate surface area is 264 Å². The molecule has 1 aliphatic heterocycles. The fraction of sp³-hybridized carbons (Fsp3) is 0.412. The van der Waals surface area contributed by atoms with E-state index >= 15 is 0 Å². The largest absolute Gasteiger partial charge is 0.477 e. The summed E-state index contributed by atoms with van der Waals surface area (Å²) < 4.78 is 23.7. The minimum absolute atomic E-state index is 0.0249. The molecule has 0 bridgehead atoms. The van der Waals surface area contributed by atoms with Crippen molar-refractivity contribution in [2.24, 2.45) is 0 Å². The molecule has 1 aromatic carbocycles. The van der Waals surface area contributed by atoms with Crippen molar-refractivity contribution >= 4 is 18.3 Å². The number of aldehydes is 1. The van der Waals surface area contributed by atoms with Crippen LogP contribution in [0.15, 0.2) is 67.2 Å². The molecule has 1 saturated heterocycles. The summed E-state index contributed by atoms with van der Waals surface area (Å²) in [4.78, 5) is 36.2. The van der Waals surface area contributed by atoms with E-state index in [1.54, 1.807) is 12.1 Å². The minimum atomic E-state index is -1.05. The molecule has 0 radical (unpaired) electrons. The average Bonchev–Trinajstić information content (AvgIpc) is 3.06. The lowest BCUT2D eigenvalue weighted by Crippen LogP contribution is -2.36. The van der Waals surface area contributed by atoms with Crippen LogP contribution in [0.3, 0.4) is 0 Å². The fourth-order valence-corrected chi connectivity index (χ4v) is 5.02. The number of carboxylic acid groups (broad SMARTS) is 1. The molecule has 0 amide bonds. The number of carbonyl (C=O) groups is 2. The molecule has 3 aromatic rings. The molecule has 0 saturated carbocycles. The van der Waals surface area contributed by atoms with Gasteiger partial charge in [-0.05, 0) is 35.4 Å². The first-order valence-corrected chi connectivity index (χ1v) is 15.2. The van der Waals surface area contributed by atoms with E-state index in [-0.39, 0.29) is 11.7 Å². The fourth-order valence-electron chi connectivity index (χ4n) is 5.02. The molecule has 2 aromatic heterocycles. The highest BCUT2D eigenvalue weighted by Gasteiger charge is 2.24. The van der Waals surface area contributed by atoms with Gasteiger partial charge in [-0.1, -0.05) is 49.1 Å². The van der Waals surface area contributed by atoms with Gasteiger partial charge in [0.1, 0.15) is 11.4 Å². The number of nitrogens with zero attached hydrogens (tertiary/aromatic N) is 4. The summed E-state index contributed by atoms with van der Waals surface area (Å²) in [6.07, 6.45) is 2.57. The zero-order valence-corrected chi connectivity index (χ0v) is 25.6. The van der Waals surface area contributed by atoms with E-state index in [0.29, 0.717) is 97.0 Å². The molecule has 0 aliphatic carbocycles. The first-order chi connectivity index (χ1) is 22.1. The van der Waals surface area contributed by atoms with Gasteiger partial charge < -0.3 is 24.1 Å². The molecule has 1 aliphatic rings. The molecule has 1 atom stereocenters. The first kappa shape index (κ1) is 34.0. The normalized spacial score (nSPS) is 17.9. The van der Waals surface area contributed by atoms with Crippen LogP contribution < -0.4 is 0 Å². The van der Waals surface area contributed by atoms with E-state index in [1.807, 2.05) is 36.4 Å². The van der Waals surface area contributed by atoms with Crippen LogP contribution in [0.2, 0.25) is 0 Å². The monoisotopic (exact) mass is 618 g/mol. The maximum Gasteiger partial charge on any atom is 0.354 e. The maximum absolute atomic E-state index is 11.6. The number of rotatable bonds is 8. The van der Waals surface area contributed by atoms with Gasteiger partial charge >= 0.3 is 5.97 Å². The van der Waals surface area contributed by atoms with Gasteiger partial charge in [0, 0.05) is 32.7 Å². The molecular weight excluding hydrogens is 576 g/mol. The Bertz CT molecular complexity index is 1330. The van der Waals surface area contributed by atoms with Crippen molar-refractivity contribution in [2.75, 3.05) is 79.0 Å². The van der Waals surface area contributed by atoms with E-state index in [9.17, 15) is 14.7 Å². The molecular formula is C34H42N4O7. The Balaban J connectivity index is 1.39. The SMILES string of the molecule is C=Cc1ccc(C(c2cccc(C=O)n2)N2CCOCCOCCN(Cc3cccc(C(=O)O)n3)CCOCCOCC2)cc1. The number of carbonyl (C=O) groups excluding carboxylic acids is 1. The van der Waals surface area contributed by atoms with Crippen molar-refractivity contribution < 1.29 is 33.6 Å². The van der Waals surface area contributed by atoms with Crippen molar-refractivity contribution in [2.45, 2.75) is 12.6 Å². The Morgan fingerprint density at radius 2 is 1.40 bits per heavy atom. The summed E-state index contributed by atoms with van der Waals surface area (Å²) in [6.45, 7) is 10.5. The van der Waals surface area contributed by atoms with Crippen molar-refractivity contribution in [1.29, 1.82) is 0 Å². The molecule has 240 valence electrons. The van der Waals surface area contributed by atoms with Crippen LogP contribution >= 0.6 is 0 Å². The standard InChI is InChI=1S/C34H42N4O7/c1-2-27-9-11-28(12-10-27)33(31-7-4-6-30(26-39)36-31)38-15-19-44-23-21-42-17-13-37(14-18-43-22-24-45-20-16-38)25-29-5-3-8-32(35-29)34(40)41/h2-12,26,33H,1,13-25H2,(H,40,41). The predicted molar refractivity (Wildman–Crippen MR) is 169 cm³/mol. The third-order valence-electron chi connectivity index (χ3n) is 7.35. The topological polar surface area (TPSA) is 124 Å². The lowest BCUT2D eigenvalue weighted by atomic mass is 9.99. The number of hydrogen-bond donors (Lipinski definition) is 1. The quantitative estimate of drug-likeness (QED) is 0.373. The van der Waals surface area contributed by atoms with E-state index in [1.165, 1.54) is 6.07 Å². The van der Waals surface area contributed by atoms with Crippen LogP contribution in [0.1, 0.15) is 49.5 Å². The van der Waals surface area contributed by atoms with Gasteiger partial charge in [-0.15, -0.1) is 0 Å². The van der Waals surface area contributed by atoms with Gasteiger partial charge in [0.25, 0.3) is 0 Å². The van der Waals surface area contributed by atoms with Gasteiger partial charge in [-0.25, -0.2) is 14.8 Å². The molecule has 3 heterocycles. The Morgan fingerprint density at radius 1 is 0.800 bits per heavy atom. The Kier molecular flexibility index (Phi) is 14.3. The maximum atomic E-state index is 11.6. The molecule has 11 nitrogen and oxygen atoms in total. The number of hydrogen-bond acceptors (Lipinski definition) is 10. The number of ether oxygens (including phenoxy) is 4. The van der Waals surface area contributed by atoms with Crippen molar-refractivity contribution in [3.8, 4) is 0 Å². The van der Waals surface area contributed by atoms with Crippen LogP contribution in [0.4, 0.5) is 0 Å². The molecule has 0 spiro atoms. The van der Waals surface area contributed by atoms with Gasteiger partial charge in [0.2, 0.25) is 0 Å². The third-order valence-corrected chi connectivity index (χ3v) is 7.35. The number of benzene rings is 1. The molecule has 1 fully saturated rings. The number of aromatic carboxylic acids is 1. The average molecular weight is 619 g/mol. The smallest absolute Gasteiger partial charge is 0.354 e. The number of pyridine rings is 2. The van der Waals surface area contributed by atoms with E-state index < -0.39 is 5.97 Å². The van der Waals surface area contributed by atoms with Crippen LogP contribution in [0.5, 0.6) is 0 Å². The van der Waals surface area contributed by atoms with E-state index in [4.69, 9.17) is 18.9 Å². The summed E-state index contributed by atoms with van der Waals surface area (Å²) >= 11 is 0. The summed E-state index contributed by atoms with van der Waals surface area (Å²) in [5.74, 6) is -1.05. The second-order valence-corrected chi connectivity index (χ2v) is 10.5. The lowest BCUT2D eigenvalue weighted by molar-refractivity contribution is 0.00332. The van der Waals surface area contributed by atoms with Crippen molar-refractivity contribution in [3.63, 3.8) is 0 Å². The highest BCUT2D eigenvalue weighted by molar-refractivity contribution is 5.85. The van der Waals surface area contributed by atoms with Gasteiger partial charge in [-0.3, -0.25) is 14.6 Å². The first-order valence-electron chi connectivity index (χ1n) is 15.2. The van der Waals surface area contributed by atoms with E-state index in [2.05, 4.69) is 38.5 Å². The highest BCUT2D eigenvalue weighted by atomic mass is 16.5. The van der Waals surface area contributed by atoms with Crippen LogP contribution in [0, 0.1) is 0 Å². The van der Waals surface area contributed by atoms with Crippen LogP contribution in [-0.4, -0.2) is 116 Å². The summed E-state index contributed by atoms with van der Waals surface area (Å²) in [5, 5.41) is 9.28. The predicted octanol–water partition coefficient (Wildman–Crippen LogP) is 3.60. The van der Waals surface area contributed by atoms with Crippen molar-refractivity contribution in [1.82, 2.24) is 19.8 Å². The summed E-state index contributed by atoms with van der Waals surface area (Å²) in [7, 11) is 0. The van der Waals surface area contributed by atoms with Gasteiger partial charge in [-0.2, -0.15) is 0 Å². The van der Waals surface area contributed by atoms with Gasteiger partial charge in [0.15, 0.2) is 6.29 Å². The molecule has 4 rings (SSSR count). The number of aromatic nitrogens is 2. The van der Waals surface area contributed by atoms with Crippen molar-refractivity contribution in [3.05, 3.63) is 101 Å². The summed E-state index contributed by atoms with van der Waals surface area (Å²) in [6, 6.07) is 18.5. The minimum Gasteiger partial charge on any atom is -0.477 e. The number of carboxylic acids is 1.